The minimum atomic E-state index is -1.46. The lowest BCUT2D eigenvalue weighted by molar-refractivity contribution is -0.134. The fourth-order valence-corrected chi connectivity index (χ4v) is 0.734. The summed E-state index contributed by atoms with van der Waals surface area (Å²) in [6.07, 6.45) is 2.32. The van der Waals surface area contributed by atoms with Gasteiger partial charge in [0.05, 0.1) is 0 Å². The maximum Gasteiger partial charge on any atom is 0.364 e. The predicted octanol–water partition coefficient (Wildman–Crippen LogP) is 2.50. The van der Waals surface area contributed by atoms with Crippen molar-refractivity contribution in [3.8, 4) is 0 Å². The van der Waals surface area contributed by atoms with E-state index in [0.29, 0.717) is 12.0 Å². The zero-order valence-corrected chi connectivity index (χ0v) is 6.85. The van der Waals surface area contributed by atoms with Crippen LogP contribution in [0.25, 0.3) is 0 Å². The van der Waals surface area contributed by atoms with Crippen molar-refractivity contribution in [2.45, 2.75) is 33.1 Å². The molecule has 0 unspecified atom stereocenters. The molecule has 0 fully saturated rings. The van der Waals surface area contributed by atoms with Crippen LogP contribution in [-0.2, 0) is 4.79 Å². The average molecular weight is 160 g/mol. The molecule has 3 heteroatoms. The Morgan fingerprint density at radius 3 is 2.45 bits per heavy atom. The number of carbonyl (C=O) groups is 1. The number of rotatable bonds is 4. The van der Waals surface area contributed by atoms with E-state index in [9.17, 15) is 9.18 Å². The second kappa shape index (κ2) is 4.88. The highest BCUT2D eigenvalue weighted by molar-refractivity contribution is 5.84. The molecule has 0 rings (SSSR count). The van der Waals surface area contributed by atoms with Crippen LogP contribution < -0.4 is 0 Å². The van der Waals surface area contributed by atoms with Gasteiger partial charge in [0.25, 0.3) is 0 Å². The van der Waals surface area contributed by atoms with Crippen LogP contribution in [0.15, 0.2) is 11.4 Å². The molecule has 64 valence electrons. The molecular weight excluding hydrogens is 147 g/mol. The molecule has 1 N–H and O–H groups in total. The van der Waals surface area contributed by atoms with E-state index < -0.39 is 11.8 Å². The second-order valence-electron chi connectivity index (χ2n) is 2.50. The van der Waals surface area contributed by atoms with Gasteiger partial charge in [-0.2, -0.15) is 4.39 Å². The van der Waals surface area contributed by atoms with Gasteiger partial charge in [0.1, 0.15) is 0 Å². The van der Waals surface area contributed by atoms with Crippen LogP contribution in [0, 0.1) is 0 Å². The summed E-state index contributed by atoms with van der Waals surface area (Å²) in [7, 11) is 0. The van der Waals surface area contributed by atoms with Gasteiger partial charge in [-0.1, -0.05) is 13.3 Å². The molecule has 0 aromatic heterocycles. The molecule has 0 amide bonds. The van der Waals surface area contributed by atoms with Gasteiger partial charge in [-0.3, -0.25) is 0 Å². The van der Waals surface area contributed by atoms with E-state index in [-0.39, 0.29) is 0 Å². The number of halogens is 1. The molecule has 0 bridgehead atoms. The predicted molar refractivity (Wildman–Crippen MR) is 41.0 cm³/mol. The summed E-state index contributed by atoms with van der Waals surface area (Å²) < 4.78 is 12.5. The van der Waals surface area contributed by atoms with Gasteiger partial charge in [0.15, 0.2) is 0 Å². The van der Waals surface area contributed by atoms with Crippen molar-refractivity contribution in [3.05, 3.63) is 11.4 Å². The van der Waals surface area contributed by atoms with Crippen LogP contribution in [0.5, 0.6) is 0 Å². The SMILES string of the molecule is CCCC/C(C)=C(\F)C(=O)O. The van der Waals surface area contributed by atoms with Crippen molar-refractivity contribution in [3.63, 3.8) is 0 Å². The molecule has 0 aromatic rings. The first-order valence-electron chi connectivity index (χ1n) is 3.68. The van der Waals surface area contributed by atoms with E-state index >= 15 is 0 Å². The topological polar surface area (TPSA) is 37.3 Å². The molecular formula is C8H13FO2. The van der Waals surface area contributed by atoms with Crippen LogP contribution in [-0.4, -0.2) is 11.1 Å². The second-order valence-corrected chi connectivity index (χ2v) is 2.50. The van der Waals surface area contributed by atoms with Gasteiger partial charge in [-0.25, -0.2) is 4.79 Å². The van der Waals surface area contributed by atoms with E-state index in [1.54, 1.807) is 0 Å². The zero-order chi connectivity index (χ0) is 8.85. The van der Waals surface area contributed by atoms with Gasteiger partial charge in [-0.05, 0) is 25.3 Å². The summed E-state index contributed by atoms with van der Waals surface area (Å²) in [4.78, 5) is 10.1. The molecule has 0 aliphatic heterocycles. The molecule has 0 heterocycles. The summed E-state index contributed by atoms with van der Waals surface area (Å²) in [6, 6.07) is 0. The Labute approximate surface area is 65.7 Å². The van der Waals surface area contributed by atoms with Crippen molar-refractivity contribution in [2.24, 2.45) is 0 Å². The average Bonchev–Trinajstić information content (AvgIpc) is 1.98. The van der Waals surface area contributed by atoms with Gasteiger partial charge >= 0.3 is 5.97 Å². The molecule has 0 saturated heterocycles. The van der Waals surface area contributed by atoms with Gasteiger partial charge in [0, 0.05) is 0 Å². The molecule has 0 atom stereocenters. The summed E-state index contributed by atoms with van der Waals surface area (Å²) in [5.74, 6) is -2.46. The molecule has 0 aliphatic rings. The van der Waals surface area contributed by atoms with E-state index in [2.05, 4.69) is 0 Å². The fraction of sp³-hybridized carbons (Fsp3) is 0.625. The Morgan fingerprint density at radius 1 is 1.55 bits per heavy atom. The summed E-state index contributed by atoms with van der Waals surface area (Å²) in [6.45, 7) is 3.49. The van der Waals surface area contributed by atoms with Crippen LogP contribution in [0.2, 0.25) is 0 Å². The number of carboxylic acids is 1. The summed E-state index contributed by atoms with van der Waals surface area (Å²) in [5.41, 5.74) is 0.333. The Morgan fingerprint density at radius 2 is 2.09 bits per heavy atom. The van der Waals surface area contributed by atoms with E-state index in [0.717, 1.165) is 12.8 Å². The maximum atomic E-state index is 12.5. The highest BCUT2D eigenvalue weighted by Gasteiger charge is 2.08. The minimum Gasteiger partial charge on any atom is -0.476 e. The lowest BCUT2D eigenvalue weighted by Crippen LogP contribution is -1.98. The third kappa shape index (κ3) is 3.75. The van der Waals surface area contributed by atoms with Crippen LogP contribution in [0.4, 0.5) is 4.39 Å². The number of allylic oxidation sites excluding steroid dienone is 1. The van der Waals surface area contributed by atoms with Gasteiger partial charge in [0.2, 0.25) is 5.83 Å². The van der Waals surface area contributed by atoms with E-state index in [4.69, 9.17) is 5.11 Å². The molecule has 0 spiro atoms. The largest absolute Gasteiger partial charge is 0.476 e. The standard InChI is InChI=1S/C8H13FO2/c1-3-4-5-6(2)7(9)8(10)11/h3-5H2,1-2H3,(H,10,11)/b7-6-. The Hall–Kier alpha value is -0.860. The number of hydrogen-bond acceptors (Lipinski definition) is 1. The third-order valence-corrected chi connectivity index (χ3v) is 1.47. The lowest BCUT2D eigenvalue weighted by Gasteiger charge is -1.98. The highest BCUT2D eigenvalue weighted by Crippen LogP contribution is 2.12. The lowest BCUT2D eigenvalue weighted by atomic mass is 10.1. The fourth-order valence-electron chi connectivity index (χ4n) is 0.734. The number of hydrogen-bond donors (Lipinski definition) is 1. The zero-order valence-electron chi connectivity index (χ0n) is 6.85. The van der Waals surface area contributed by atoms with Crippen molar-refractivity contribution in [1.82, 2.24) is 0 Å². The monoisotopic (exact) mass is 160 g/mol. The minimum absolute atomic E-state index is 0.333. The maximum absolute atomic E-state index is 12.5. The summed E-state index contributed by atoms with van der Waals surface area (Å²) >= 11 is 0. The number of carboxylic acid groups (broad SMARTS) is 1. The highest BCUT2D eigenvalue weighted by atomic mass is 19.1. The Kier molecular flexibility index (Phi) is 4.50. The molecule has 0 aromatic carbocycles. The first-order valence-corrected chi connectivity index (χ1v) is 3.68. The number of aliphatic carboxylic acids is 1. The van der Waals surface area contributed by atoms with Crippen molar-refractivity contribution < 1.29 is 14.3 Å². The molecule has 0 radical (unpaired) electrons. The molecule has 2 nitrogen and oxygen atoms in total. The summed E-state index contributed by atoms with van der Waals surface area (Å²) in [5, 5.41) is 8.22. The van der Waals surface area contributed by atoms with Crippen LogP contribution >= 0.6 is 0 Å². The number of unbranched alkanes of at least 4 members (excludes halogenated alkanes) is 1. The van der Waals surface area contributed by atoms with Crippen LogP contribution in [0.1, 0.15) is 33.1 Å². The van der Waals surface area contributed by atoms with Crippen molar-refractivity contribution >= 4 is 5.97 Å². The Bertz CT molecular complexity index is 173. The van der Waals surface area contributed by atoms with Crippen molar-refractivity contribution in [1.29, 1.82) is 0 Å². The molecule has 11 heavy (non-hydrogen) atoms. The molecule has 0 saturated carbocycles. The third-order valence-electron chi connectivity index (χ3n) is 1.47. The van der Waals surface area contributed by atoms with Gasteiger partial charge < -0.3 is 5.11 Å². The van der Waals surface area contributed by atoms with E-state index in [1.165, 1.54) is 6.92 Å². The van der Waals surface area contributed by atoms with E-state index in [1.807, 2.05) is 6.92 Å². The molecule has 0 aliphatic carbocycles. The van der Waals surface area contributed by atoms with Crippen LogP contribution in [0.3, 0.4) is 0 Å². The first-order chi connectivity index (χ1) is 5.09. The first kappa shape index (κ1) is 10.1. The van der Waals surface area contributed by atoms with Gasteiger partial charge in [-0.15, -0.1) is 0 Å². The van der Waals surface area contributed by atoms with Crippen molar-refractivity contribution in [2.75, 3.05) is 0 Å². The smallest absolute Gasteiger partial charge is 0.364 e. The Balaban J connectivity index is 4.05. The normalized spacial score (nSPS) is 12.6. The quantitative estimate of drug-likeness (QED) is 0.641.